The van der Waals surface area contributed by atoms with Gasteiger partial charge in [-0.3, -0.25) is 14.5 Å². The van der Waals surface area contributed by atoms with E-state index in [1.54, 1.807) is 6.20 Å². The number of para-hydroxylation sites is 1. The van der Waals surface area contributed by atoms with Crippen LogP contribution in [0.15, 0.2) is 30.5 Å². The summed E-state index contributed by atoms with van der Waals surface area (Å²) >= 11 is 0. The number of nitrogens with zero attached hydrogens (tertiary/aromatic N) is 1. The molecule has 6 heteroatoms. The Bertz CT molecular complexity index is 879. The predicted octanol–water partition coefficient (Wildman–Crippen LogP) is 2.87. The van der Waals surface area contributed by atoms with Crippen LogP contribution in [-0.2, 0) is 20.8 Å². The van der Waals surface area contributed by atoms with Crippen molar-refractivity contribution in [3.05, 3.63) is 36.0 Å². The zero-order valence-electron chi connectivity index (χ0n) is 14.5. The number of amides is 2. The number of benzene rings is 1. The van der Waals surface area contributed by atoms with Gasteiger partial charge in [0.15, 0.2) is 0 Å². The molecule has 2 fully saturated rings. The van der Waals surface area contributed by atoms with E-state index in [-0.39, 0.29) is 24.7 Å². The molecular formula is C20H22N2O4. The minimum Gasteiger partial charge on any atom is -0.480 e. The molecule has 0 radical (unpaired) electrons. The molecule has 4 rings (SSSR count). The number of aromatic nitrogens is 1. The normalized spacial score (nSPS) is 20.8. The van der Waals surface area contributed by atoms with Gasteiger partial charge in [-0.05, 0) is 24.5 Å². The van der Waals surface area contributed by atoms with Crippen LogP contribution in [0.2, 0.25) is 0 Å². The molecule has 2 heterocycles. The molecule has 1 aliphatic carbocycles. The van der Waals surface area contributed by atoms with Crippen molar-refractivity contribution in [3.8, 4) is 0 Å². The number of carboxylic acids is 1. The number of hydrogen-bond donors (Lipinski definition) is 2. The maximum absolute atomic E-state index is 13.1. The highest BCUT2D eigenvalue weighted by atomic mass is 16.4. The third-order valence-corrected chi connectivity index (χ3v) is 5.93. The summed E-state index contributed by atoms with van der Waals surface area (Å²) in [6.07, 6.45) is 6.33. The van der Waals surface area contributed by atoms with Gasteiger partial charge in [-0.2, -0.15) is 0 Å². The number of likely N-dealkylation sites (tertiary alicyclic amines) is 1. The number of fused-ring (bicyclic) bond motifs is 1. The Morgan fingerprint density at radius 3 is 2.65 bits per heavy atom. The molecule has 2 N–H and O–H groups in total. The largest absolute Gasteiger partial charge is 0.480 e. The van der Waals surface area contributed by atoms with Crippen LogP contribution in [0.4, 0.5) is 0 Å². The number of carbonyl (C=O) groups excluding carboxylic acids is 2. The van der Waals surface area contributed by atoms with Crippen molar-refractivity contribution in [2.24, 2.45) is 5.41 Å². The van der Waals surface area contributed by atoms with Crippen LogP contribution in [0.1, 0.15) is 44.1 Å². The molecular weight excluding hydrogens is 332 g/mol. The van der Waals surface area contributed by atoms with Crippen LogP contribution in [-0.4, -0.2) is 38.8 Å². The maximum atomic E-state index is 13.1. The van der Waals surface area contributed by atoms with Crippen LogP contribution in [0, 0.1) is 5.41 Å². The third kappa shape index (κ3) is 2.60. The predicted molar refractivity (Wildman–Crippen MR) is 95.4 cm³/mol. The van der Waals surface area contributed by atoms with Crippen molar-refractivity contribution < 1.29 is 19.5 Å². The van der Waals surface area contributed by atoms with Gasteiger partial charge in [0.2, 0.25) is 11.8 Å². The fourth-order valence-corrected chi connectivity index (χ4v) is 4.55. The Balaban J connectivity index is 1.65. The van der Waals surface area contributed by atoms with Gasteiger partial charge in [0.1, 0.15) is 6.04 Å². The lowest BCUT2D eigenvalue weighted by Crippen LogP contribution is -2.48. The van der Waals surface area contributed by atoms with E-state index >= 15 is 0 Å². The van der Waals surface area contributed by atoms with Crippen molar-refractivity contribution in [3.63, 3.8) is 0 Å². The fourth-order valence-electron chi connectivity index (χ4n) is 4.55. The van der Waals surface area contributed by atoms with Gasteiger partial charge in [-0.25, -0.2) is 4.79 Å². The molecule has 136 valence electrons. The lowest BCUT2D eigenvalue weighted by molar-refractivity contribution is -0.156. The first-order valence-electron chi connectivity index (χ1n) is 9.16. The third-order valence-electron chi connectivity index (χ3n) is 5.93. The van der Waals surface area contributed by atoms with Crippen molar-refractivity contribution in [1.29, 1.82) is 0 Å². The van der Waals surface area contributed by atoms with Crippen molar-refractivity contribution in [2.75, 3.05) is 0 Å². The second-order valence-electron chi connectivity index (χ2n) is 7.50. The summed E-state index contributed by atoms with van der Waals surface area (Å²) in [6.45, 7) is 0. The molecule has 1 aromatic heterocycles. The van der Waals surface area contributed by atoms with Crippen molar-refractivity contribution in [2.45, 2.75) is 51.0 Å². The van der Waals surface area contributed by atoms with E-state index in [4.69, 9.17) is 0 Å². The van der Waals surface area contributed by atoms with E-state index in [1.807, 2.05) is 24.3 Å². The van der Waals surface area contributed by atoms with Crippen LogP contribution in [0.5, 0.6) is 0 Å². The maximum Gasteiger partial charge on any atom is 0.327 e. The summed E-state index contributed by atoms with van der Waals surface area (Å²) in [7, 11) is 0. The van der Waals surface area contributed by atoms with Gasteiger partial charge >= 0.3 is 5.97 Å². The van der Waals surface area contributed by atoms with E-state index in [0.29, 0.717) is 12.8 Å². The molecule has 1 atom stereocenters. The number of H-pyrrole nitrogens is 1. The fraction of sp³-hybridized carbons (Fsp3) is 0.450. The average Bonchev–Trinajstić information content (AvgIpc) is 3.13. The minimum atomic E-state index is -1.16. The van der Waals surface area contributed by atoms with Crippen LogP contribution < -0.4 is 0 Å². The number of nitrogens with one attached hydrogen (secondary N) is 1. The van der Waals surface area contributed by atoms with E-state index in [0.717, 1.165) is 40.6 Å². The smallest absolute Gasteiger partial charge is 0.327 e. The molecule has 2 amide bonds. The number of carboxylic acid groups (broad SMARTS) is 1. The van der Waals surface area contributed by atoms with Gasteiger partial charge in [0.25, 0.3) is 0 Å². The summed E-state index contributed by atoms with van der Waals surface area (Å²) in [5.74, 6) is -1.76. The van der Waals surface area contributed by atoms with E-state index in [2.05, 4.69) is 4.98 Å². The van der Waals surface area contributed by atoms with Gasteiger partial charge in [0, 0.05) is 29.9 Å². The van der Waals surface area contributed by atoms with Crippen LogP contribution in [0.3, 0.4) is 0 Å². The molecule has 1 spiro atoms. The molecule has 1 aromatic carbocycles. The first-order chi connectivity index (χ1) is 12.5. The first-order valence-corrected chi connectivity index (χ1v) is 9.16. The molecule has 0 unspecified atom stereocenters. The topological polar surface area (TPSA) is 90.5 Å². The van der Waals surface area contributed by atoms with E-state index in [9.17, 15) is 19.5 Å². The Hall–Kier alpha value is -2.63. The number of aromatic amines is 1. The Morgan fingerprint density at radius 2 is 1.92 bits per heavy atom. The molecule has 26 heavy (non-hydrogen) atoms. The van der Waals surface area contributed by atoms with Gasteiger partial charge in [-0.15, -0.1) is 0 Å². The molecule has 6 nitrogen and oxygen atoms in total. The Labute approximate surface area is 151 Å². The second-order valence-corrected chi connectivity index (χ2v) is 7.50. The number of aliphatic carboxylic acids is 1. The summed E-state index contributed by atoms with van der Waals surface area (Å²) in [5, 5.41) is 10.7. The second kappa shape index (κ2) is 6.27. The monoisotopic (exact) mass is 354 g/mol. The number of hydrogen-bond acceptors (Lipinski definition) is 3. The lowest BCUT2D eigenvalue weighted by Gasteiger charge is -2.31. The molecule has 1 aliphatic heterocycles. The van der Waals surface area contributed by atoms with Gasteiger partial charge < -0.3 is 10.1 Å². The highest BCUT2D eigenvalue weighted by Gasteiger charge is 2.54. The lowest BCUT2D eigenvalue weighted by atomic mass is 9.73. The van der Waals surface area contributed by atoms with Crippen molar-refractivity contribution >= 4 is 28.7 Å². The quantitative estimate of drug-likeness (QED) is 0.826. The standard InChI is InChI=1S/C20H22N2O4/c23-17-11-20(8-4-1-5-9-20)19(26)22(17)16(18(24)25)10-13-12-21-15-7-3-2-6-14(13)15/h2-3,6-7,12,16,21H,1,4-5,8-11H2,(H,24,25)/t16-/m1/s1. The molecule has 2 aliphatic rings. The molecule has 1 saturated carbocycles. The van der Waals surface area contributed by atoms with Gasteiger partial charge in [-0.1, -0.05) is 37.5 Å². The van der Waals surface area contributed by atoms with Crippen molar-refractivity contribution in [1.82, 2.24) is 9.88 Å². The molecule has 2 aromatic rings. The Morgan fingerprint density at radius 1 is 1.19 bits per heavy atom. The summed E-state index contributed by atoms with van der Waals surface area (Å²) < 4.78 is 0. The Kier molecular flexibility index (Phi) is 4.05. The average molecular weight is 354 g/mol. The molecule has 1 saturated heterocycles. The zero-order valence-corrected chi connectivity index (χ0v) is 14.5. The van der Waals surface area contributed by atoms with E-state index < -0.39 is 17.4 Å². The van der Waals surface area contributed by atoms with Crippen LogP contribution >= 0.6 is 0 Å². The van der Waals surface area contributed by atoms with E-state index in [1.165, 1.54) is 0 Å². The number of carbonyl (C=O) groups is 3. The zero-order chi connectivity index (χ0) is 18.3. The summed E-state index contributed by atoms with van der Waals surface area (Å²) in [5.41, 5.74) is 1.05. The minimum absolute atomic E-state index is 0.118. The van der Waals surface area contributed by atoms with Crippen LogP contribution in [0.25, 0.3) is 10.9 Å². The summed E-state index contributed by atoms with van der Waals surface area (Å²) in [6, 6.07) is 6.46. The summed E-state index contributed by atoms with van der Waals surface area (Å²) in [4.78, 5) is 41.8. The number of imide groups is 1. The number of rotatable bonds is 4. The SMILES string of the molecule is O=C(O)[C@@H](Cc1c[nH]c2ccccc12)N1C(=O)CC2(CCCCC2)C1=O. The highest BCUT2D eigenvalue weighted by Crippen LogP contribution is 2.46. The first kappa shape index (κ1) is 16.8. The van der Waals surface area contributed by atoms with Gasteiger partial charge in [0.05, 0.1) is 5.41 Å². The molecule has 0 bridgehead atoms. The highest BCUT2D eigenvalue weighted by molar-refractivity contribution is 6.08.